The van der Waals surface area contributed by atoms with Crippen molar-refractivity contribution in [2.45, 2.75) is 64.5 Å². The summed E-state index contributed by atoms with van der Waals surface area (Å²) in [5, 5.41) is 3.69. The molecule has 1 fully saturated rings. The highest BCUT2D eigenvalue weighted by atomic mass is 16.5. The van der Waals surface area contributed by atoms with Gasteiger partial charge in [0.05, 0.1) is 6.10 Å². The van der Waals surface area contributed by atoms with Crippen molar-refractivity contribution >= 4 is 0 Å². The van der Waals surface area contributed by atoms with Crippen molar-refractivity contribution in [3.05, 3.63) is 0 Å². The fourth-order valence-corrected chi connectivity index (χ4v) is 2.66. The zero-order valence-electron chi connectivity index (χ0n) is 12.4. The van der Waals surface area contributed by atoms with E-state index in [0.29, 0.717) is 18.1 Å². The van der Waals surface area contributed by atoms with Crippen LogP contribution in [0.4, 0.5) is 0 Å². The third-order valence-corrected chi connectivity index (χ3v) is 3.94. The van der Waals surface area contributed by atoms with Crippen molar-refractivity contribution in [3.8, 4) is 0 Å². The maximum Gasteiger partial charge on any atom is 0.0576 e. The summed E-state index contributed by atoms with van der Waals surface area (Å²) in [6, 6.07) is 0.615. The van der Waals surface area contributed by atoms with E-state index in [2.05, 4.69) is 19.2 Å². The molecule has 0 aromatic carbocycles. The predicted octanol–water partition coefficient (Wildman–Crippen LogP) is 2.99. The summed E-state index contributed by atoms with van der Waals surface area (Å²) < 4.78 is 10.9. The van der Waals surface area contributed by atoms with Gasteiger partial charge in [-0.2, -0.15) is 0 Å². The van der Waals surface area contributed by atoms with Gasteiger partial charge in [-0.3, -0.25) is 0 Å². The molecule has 0 amide bonds. The Morgan fingerprint density at radius 1 is 1.39 bits per heavy atom. The second-order valence-electron chi connectivity index (χ2n) is 5.53. The zero-order valence-corrected chi connectivity index (χ0v) is 12.4. The van der Waals surface area contributed by atoms with Crippen LogP contribution in [0.25, 0.3) is 0 Å². The number of nitrogens with one attached hydrogen (secondary N) is 1. The lowest BCUT2D eigenvalue weighted by Crippen LogP contribution is -2.36. The molecule has 3 atom stereocenters. The van der Waals surface area contributed by atoms with Crippen LogP contribution in [0.1, 0.15) is 52.4 Å². The van der Waals surface area contributed by atoms with Crippen molar-refractivity contribution in [2.75, 3.05) is 26.9 Å². The van der Waals surface area contributed by atoms with Gasteiger partial charge in [-0.1, -0.05) is 13.8 Å². The Hall–Kier alpha value is -0.120. The molecule has 0 bridgehead atoms. The highest BCUT2D eigenvalue weighted by molar-refractivity contribution is 4.76. The number of hydrogen-bond acceptors (Lipinski definition) is 3. The third-order valence-electron chi connectivity index (χ3n) is 3.94. The first-order chi connectivity index (χ1) is 8.77. The minimum absolute atomic E-state index is 0.519. The first kappa shape index (κ1) is 15.9. The molecule has 3 unspecified atom stereocenters. The predicted molar refractivity (Wildman–Crippen MR) is 75.9 cm³/mol. The minimum atomic E-state index is 0.519. The molecular formula is C15H31NO2. The Morgan fingerprint density at radius 3 is 2.83 bits per heavy atom. The second kappa shape index (κ2) is 9.76. The number of hydrogen-bond donors (Lipinski definition) is 1. The van der Waals surface area contributed by atoms with Crippen LogP contribution in [0, 0.1) is 5.92 Å². The van der Waals surface area contributed by atoms with Gasteiger partial charge in [-0.15, -0.1) is 0 Å². The van der Waals surface area contributed by atoms with Gasteiger partial charge in [-0.25, -0.2) is 0 Å². The summed E-state index contributed by atoms with van der Waals surface area (Å²) in [4.78, 5) is 0. The molecule has 1 rings (SSSR count). The van der Waals surface area contributed by atoms with Crippen molar-refractivity contribution in [1.82, 2.24) is 5.32 Å². The summed E-state index contributed by atoms with van der Waals surface area (Å²) in [6.07, 6.45) is 7.81. The Balaban J connectivity index is 2.28. The minimum Gasteiger partial charge on any atom is -0.385 e. The summed E-state index contributed by atoms with van der Waals surface area (Å²) in [6.45, 7) is 7.52. The molecule has 0 spiro atoms. The van der Waals surface area contributed by atoms with E-state index in [1.165, 1.54) is 32.1 Å². The van der Waals surface area contributed by atoms with Crippen molar-refractivity contribution in [1.29, 1.82) is 0 Å². The Bertz CT molecular complexity index is 193. The van der Waals surface area contributed by atoms with Crippen LogP contribution in [-0.4, -0.2) is 39.0 Å². The van der Waals surface area contributed by atoms with E-state index in [4.69, 9.17) is 9.47 Å². The lowest BCUT2D eigenvalue weighted by molar-refractivity contribution is 0.0957. The average Bonchev–Trinajstić information content (AvgIpc) is 2.89. The summed E-state index contributed by atoms with van der Waals surface area (Å²) in [7, 11) is 1.79. The van der Waals surface area contributed by atoms with Gasteiger partial charge in [-0.05, 0) is 51.0 Å². The molecule has 0 aromatic rings. The quantitative estimate of drug-likeness (QED) is 0.652. The molecule has 1 heterocycles. The highest BCUT2D eigenvalue weighted by Gasteiger charge is 2.21. The van der Waals surface area contributed by atoms with Gasteiger partial charge in [0.2, 0.25) is 0 Å². The Labute approximate surface area is 113 Å². The van der Waals surface area contributed by atoms with Gasteiger partial charge < -0.3 is 14.8 Å². The van der Waals surface area contributed by atoms with Crippen molar-refractivity contribution in [2.24, 2.45) is 5.92 Å². The molecule has 1 aliphatic rings. The lowest BCUT2D eigenvalue weighted by Gasteiger charge is -2.26. The molecule has 1 saturated heterocycles. The van der Waals surface area contributed by atoms with Gasteiger partial charge in [0, 0.05) is 26.4 Å². The van der Waals surface area contributed by atoms with Crippen LogP contribution in [-0.2, 0) is 9.47 Å². The molecule has 0 aromatic heterocycles. The maximum atomic E-state index is 5.72. The molecule has 3 nitrogen and oxygen atoms in total. The van der Waals surface area contributed by atoms with E-state index < -0.39 is 0 Å². The van der Waals surface area contributed by atoms with Crippen molar-refractivity contribution < 1.29 is 9.47 Å². The summed E-state index contributed by atoms with van der Waals surface area (Å²) in [5.74, 6) is 0.679. The van der Waals surface area contributed by atoms with Crippen LogP contribution in [0.5, 0.6) is 0 Å². The van der Waals surface area contributed by atoms with Crippen LogP contribution in [0.2, 0.25) is 0 Å². The molecule has 0 aliphatic carbocycles. The molecule has 0 radical (unpaired) electrons. The van der Waals surface area contributed by atoms with E-state index in [9.17, 15) is 0 Å². The van der Waals surface area contributed by atoms with Crippen LogP contribution < -0.4 is 5.32 Å². The lowest BCUT2D eigenvalue weighted by atomic mass is 9.93. The smallest absolute Gasteiger partial charge is 0.0576 e. The Morgan fingerprint density at radius 2 is 2.22 bits per heavy atom. The molecule has 1 N–H and O–H groups in total. The molecule has 18 heavy (non-hydrogen) atoms. The second-order valence-corrected chi connectivity index (χ2v) is 5.53. The van der Waals surface area contributed by atoms with Crippen LogP contribution >= 0.6 is 0 Å². The van der Waals surface area contributed by atoms with Gasteiger partial charge in [0.15, 0.2) is 0 Å². The first-order valence-corrected chi connectivity index (χ1v) is 7.61. The number of ether oxygens (including phenoxy) is 2. The largest absolute Gasteiger partial charge is 0.385 e. The molecule has 108 valence electrons. The number of methoxy groups -OCH3 is 1. The van der Waals surface area contributed by atoms with E-state index >= 15 is 0 Å². The molecule has 0 saturated carbocycles. The summed E-state index contributed by atoms with van der Waals surface area (Å²) in [5.41, 5.74) is 0. The van der Waals surface area contributed by atoms with Gasteiger partial charge in [0.1, 0.15) is 0 Å². The third kappa shape index (κ3) is 6.17. The molecule has 3 heteroatoms. The fraction of sp³-hybridized carbons (Fsp3) is 1.00. The number of rotatable bonds is 10. The standard InChI is InChI=1S/C15H31NO2/c1-4-10-16-15(13(2)9-12-17-3)8-7-14-6-5-11-18-14/h13-16H,4-12H2,1-3H3. The van der Waals surface area contributed by atoms with E-state index in [0.717, 1.165) is 26.2 Å². The van der Waals surface area contributed by atoms with Crippen molar-refractivity contribution in [3.63, 3.8) is 0 Å². The Kier molecular flexibility index (Phi) is 8.64. The average molecular weight is 257 g/mol. The van der Waals surface area contributed by atoms with E-state index in [-0.39, 0.29) is 0 Å². The normalized spacial score (nSPS) is 23.2. The monoisotopic (exact) mass is 257 g/mol. The zero-order chi connectivity index (χ0) is 13.2. The van der Waals surface area contributed by atoms with E-state index in [1.54, 1.807) is 7.11 Å². The van der Waals surface area contributed by atoms with Gasteiger partial charge >= 0.3 is 0 Å². The SMILES string of the molecule is CCCNC(CCC1CCCO1)C(C)CCOC. The maximum absolute atomic E-state index is 5.72. The molecular weight excluding hydrogens is 226 g/mol. The van der Waals surface area contributed by atoms with Crippen LogP contribution in [0.3, 0.4) is 0 Å². The fourth-order valence-electron chi connectivity index (χ4n) is 2.66. The molecule has 1 aliphatic heterocycles. The topological polar surface area (TPSA) is 30.5 Å². The summed E-state index contributed by atoms with van der Waals surface area (Å²) >= 11 is 0. The first-order valence-electron chi connectivity index (χ1n) is 7.61. The van der Waals surface area contributed by atoms with E-state index in [1.807, 2.05) is 0 Å². The van der Waals surface area contributed by atoms with Crippen LogP contribution in [0.15, 0.2) is 0 Å². The highest BCUT2D eigenvalue weighted by Crippen LogP contribution is 2.21. The van der Waals surface area contributed by atoms with Gasteiger partial charge in [0.25, 0.3) is 0 Å².